The van der Waals surface area contributed by atoms with Crippen molar-refractivity contribution >= 4 is 11.9 Å². The number of nitrogens with one attached hydrogen (secondary N) is 1. The lowest BCUT2D eigenvalue weighted by Gasteiger charge is -1.99. The van der Waals surface area contributed by atoms with Gasteiger partial charge in [-0.1, -0.05) is 0 Å². The molecule has 1 rings (SSSR count). The summed E-state index contributed by atoms with van der Waals surface area (Å²) in [4.78, 5) is 20.9. The number of nitrogens with zero attached hydrogens (tertiary/aromatic N) is 1. The Bertz CT molecular complexity index is 204. The van der Waals surface area contributed by atoms with Crippen LogP contribution in [0.4, 0.5) is 4.79 Å². The van der Waals surface area contributed by atoms with E-state index < -0.39 is 18.4 Å². The molecular formula is C3H5N3O2. The summed E-state index contributed by atoms with van der Waals surface area (Å²) in [5, 5.41) is 1.92. The van der Waals surface area contributed by atoms with E-state index in [1.54, 1.807) is 5.32 Å². The molecule has 0 aliphatic carbocycles. The van der Waals surface area contributed by atoms with Crippen molar-refractivity contribution in [3.63, 3.8) is 0 Å². The number of imide groups is 1. The van der Waals surface area contributed by atoms with E-state index in [9.17, 15) is 9.59 Å². The maximum absolute atomic E-state index is 10.5. The molecule has 0 unspecified atom stereocenters. The second kappa shape index (κ2) is 1.45. The highest BCUT2D eigenvalue weighted by molar-refractivity contribution is 6.01. The third kappa shape index (κ3) is 0.627. The molecule has 0 spiro atoms. The fourth-order valence-corrected chi connectivity index (χ4v) is 0.345. The number of urea groups is 1. The Kier molecular flexibility index (Phi) is 0.548. The Balaban J connectivity index is 2.96. The summed E-state index contributed by atoms with van der Waals surface area (Å²) < 4.78 is 13.7. The summed E-state index contributed by atoms with van der Waals surface area (Å²) in [6.45, 7) is -2.41. The van der Waals surface area contributed by atoms with Crippen molar-refractivity contribution in [2.75, 3.05) is 6.50 Å². The Morgan fingerprint density at radius 2 is 2.50 bits per heavy atom. The highest BCUT2D eigenvalue weighted by Gasteiger charge is 2.22. The third-order valence-corrected chi connectivity index (χ3v) is 0.661. The van der Waals surface area contributed by atoms with Gasteiger partial charge in [0.15, 0.2) is 0 Å². The molecule has 0 atom stereocenters. The second-order valence-electron chi connectivity index (χ2n) is 1.24. The molecule has 0 aromatic rings. The van der Waals surface area contributed by atoms with Crippen molar-refractivity contribution < 1.29 is 12.3 Å². The molecule has 3 amide bonds. The van der Waals surface area contributed by atoms with Crippen LogP contribution in [-0.2, 0) is 4.79 Å². The first-order chi connectivity index (χ1) is 4.46. The number of amides is 3. The average molecular weight is 117 g/mol. The van der Waals surface area contributed by atoms with E-state index in [0.717, 1.165) is 0 Å². The third-order valence-electron chi connectivity index (χ3n) is 0.661. The first kappa shape index (κ1) is 3.03. The molecule has 0 radical (unpaired) electrons. The Morgan fingerprint density at radius 3 is 2.62 bits per heavy atom. The van der Waals surface area contributed by atoms with E-state index in [1.807, 2.05) is 0 Å². The van der Waals surface area contributed by atoms with Gasteiger partial charge in [0.2, 0.25) is 5.91 Å². The normalized spacial score (nSPS) is 29.4. The molecule has 1 aliphatic heterocycles. The minimum Gasteiger partial charge on any atom is -0.275 e. The topological polar surface area (TPSA) is 75.4 Å². The maximum atomic E-state index is 10.5. The van der Waals surface area contributed by atoms with Gasteiger partial charge in [-0.25, -0.2) is 10.6 Å². The Labute approximate surface area is 48.2 Å². The molecule has 0 bridgehead atoms. The predicted molar refractivity (Wildman–Crippen MR) is 24.4 cm³/mol. The van der Waals surface area contributed by atoms with Crippen molar-refractivity contribution in [3.8, 4) is 0 Å². The molecule has 5 nitrogen and oxygen atoms in total. The van der Waals surface area contributed by atoms with Crippen LogP contribution in [-0.4, -0.2) is 23.4 Å². The number of hydrogen-bond donors (Lipinski definition) is 2. The first-order valence-corrected chi connectivity index (χ1v) is 1.86. The van der Waals surface area contributed by atoms with Gasteiger partial charge >= 0.3 is 6.03 Å². The van der Waals surface area contributed by atoms with Gasteiger partial charge in [-0.15, -0.1) is 0 Å². The fourth-order valence-electron chi connectivity index (χ4n) is 0.345. The number of rotatable bonds is 0. The van der Waals surface area contributed by atoms with Crippen LogP contribution in [0, 0.1) is 0 Å². The largest absolute Gasteiger partial charge is 0.338 e. The van der Waals surface area contributed by atoms with Crippen molar-refractivity contribution in [1.29, 1.82) is 0 Å². The van der Waals surface area contributed by atoms with Crippen LogP contribution in [0.5, 0.6) is 0 Å². The van der Waals surface area contributed by atoms with Gasteiger partial charge < -0.3 is 0 Å². The molecule has 0 aromatic carbocycles. The summed E-state index contributed by atoms with van der Waals surface area (Å²) in [6.07, 6.45) is 0. The Hall–Kier alpha value is -1.10. The summed E-state index contributed by atoms with van der Waals surface area (Å²) in [7, 11) is 0. The van der Waals surface area contributed by atoms with Gasteiger partial charge in [-0.3, -0.25) is 15.1 Å². The smallest absolute Gasteiger partial charge is 0.275 e. The fraction of sp³-hybridized carbons (Fsp3) is 0.333. The lowest BCUT2D eigenvalue weighted by Crippen LogP contribution is -2.34. The van der Waals surface area contributed by atoms with Crippen molar-refractivity contribution in [3.05, 3.63) is 0 Å². The molecule has 1 aliphatic rings. The molecule has 1 heterocycles. The van der Waals surface area contributed by atoms with Gasteiger partial charge in [-0.05, 0) is 0 Å². The molecule has 8 heavy (non-hydrogen) atoms. The molecule has 1 saturated heterocycles. The van der Waals surface area contributed by atoms with Gasteiger partial charge in [0.25, 0.3) is 0 Å². The molecule has 0 aromatic heterocycles. The zero-order chi connectivity index (χ0) is 7.94. The summed E-state index contributed by atoms with van der Waals surface area (Å²) in [5.41, 5.74) is 0. The Morgan fingerprint density at radius 1 is 1.88 bits per heavy atom. The maximum Gasteiger partial charge on any atom is 0.338 e. The van der Waals surface area contributed by atoms with Crippen LogP contribution in [0.1, 0.15) is 2.74 Å². The van der Waals surface area contributed by atoms with Crippen LogP contribution in [0.25, 0.3) is 0 Å². The van der Waals surface area contributed by atoms with E-state index in [-0.39, 0.29) is 5.01 Å². The van der Waals surface area contributed by atoms with Crippen molar-refractivity contribution in [2.45, 2.75) is 0 Å². The van der Waals surface area contributed by atoms with Gasteiger partial charge in [0.1, 0.15) is 6.50 Å². The first-order valence-electron chi connectivity index (χ1n) is 2.86. The minimum absolute atomic E-state index is 0.218. The van der Waals surface area contributed by atoms with Crippen LogP contribution in [0.15, 0.2) is 0 Å². The lowest BCUT2D eigenvalue weighted by atomic mass is 10.7. The lowest BCUT2D eigenvalue weighted by molar-refractivity contribution is -0.118. The number of hydrazine groups is 1. The number of carbonyl (C=O) groups is 2. The minimum atomic E-state index is -2.41. The predicted octanol–water partition coefficient (Wildman–Crippen LogP) is -1.59. The van der Waals surface area contributed by atoms with E-state index in [2.05, 4.69) is 0 Å². The standard InChI is InChI=1S/C3H5N3O2/c4-6-1-2(7)5-3(6)8/h1,4H2,(H,5,7,8)/i1D2. The van der Waals surface area contributed by atoms with Gasteiger partial charge in [0.05, 0.1) is 2.74 Å². The van der Waals surface area contributed by atoms with Gasteiger partial charge in [-0.2, -0.15) is 0 Å². The number of carbonyl (C=O) groups excluding carboxylic acids is 2. The zero-order valence-electron chi connectivity index (χ0n) is 5.84. The second-order valence-corrected chi connectivity index (χ2v) is 1.24. The highest BCUT2D eigenvalue weighted by atomic mass is 16.2. The molecule has 1 fully saturated rings. The van der Waals surface area contributed by atoms with E-state index in [1.165, 1.54) is 0 Å². The molecule has 0 saturated carbocycles. The highest BCUT2D eigenvalue weighted by Crippen LogP contribution is 1.87. The van der Waals surface area contributed by atoms with Crippen molar-refractivity contribution in [1.82, 2.24) is 10.3 Å². The SMILES string of the molecule is [2H]C1([2H])C(=O)NC(=O)N1N. The van der Waals surface area contributed by atoms with E-state index in [0.29, 0.717) is 0 Å². The summed E-state index contributed by atoms with van der Waals surface area (Å²) in [5.74, 6) is 3.84. The molecular weight excluding hydrogens is 110 g/mol. The quantitative estimate of drug-likeness (QED) is 0.228. The van der Waals surface area contributed by atoms with Crippen molar-refractivity contribution in [2.24, 2.45) is 5.84 Å². The zero-order valence-corrected chi connectivity index (χ0v) is 3.84. The average Bonchev–Trinajstić information content (AvgIpc) is 1.97. The van der Waals surface area contributed by atoms with Crippen LogP contribution < -0.4 is 11.2 Å². The van der Waals surface area contributed by atoms with E-state index >= 15 is 0 Å². The number of nitrogens with two attached hydrogens (primary N) is 1. The van der Waals surface area contributed by atoms with Crippen LogP contribution in [0.2, 0.25) is 0 Å². The van der Waals surface area contributed by atoms with Crippen LogP contribution >= 0.6 is 0 Å². The van der Waals surface area contributed by atoms with Crippen LogP contribution in [0.3, 0.4) is 0 Å². The molecule has 3 N–H and O–H groups in total. The monoisotopic (exact) mass is 117 g/mol. The molecule has 44 valence electrons. The van der Waals surface area contributed by atoms with E-state index in [4.69, 9.17) is 8.58 Å². The number of hydrogen-bond acceptors (Lipinski definition) is 3. The molecule has 5 heteroatoms. The summed E-state index contributed by atoms with van der Waals surface area (Å²) >= 11 is 0. The summed E-state index contributed by atoms with van der Waals surface area (Å²) in [6, 6.07) is -0.921. The van der Waals surface area contributed by atoms with Gasteiger partial charge in [0, 0.05) is 0 Å².